The second kappa shape index (κ2) is 16.1. The number of aromatic nitrogens is 1. The number of anilines is 1. The van der Waals surface area contributed by atoms with Crippen LogP contribution in [0.25, 0.3) is 0 Å². The van der Waals surface area contributed by atoms with Gasteiger partial charge in [-0.1, -0.05) is 187 Å². The van der Waals surface area contributed by atoms with Crippen LogP contribution in [0, 0.1) is 0 Å². The molecule has 0 amide bonds. The molecule has 6 nitrogen and oxygen atoms in total. The first-order valence-corrected chi connectivity index (χ1v) is 17.1. The van der Waals surface area contributed by atoms with Crippen LogP contribution in [0.15, 0.2) is 193 Å². The summed E-state index contributed by atoms with van der Waals surface area (Å²) in [5.41, 5.74) is 3.18. The molecule has 0 aliphatic rings. The zero-order valence-electron chi connectivity index (χ0n) is 29.0. The Balaban J connectivity index is 0.00000261. The van der Waals surface area contributed by atoms with E-state index in [1.54, 1.807) is 5.38 Å². The molecule has 7 aromatic rings. The van der Waals surface area contributed by atoms with Crippen molar-refractivity contribution in [1.29, 1.82) is 0 Å². The van der Waals surface area contributed by atoms with Crippen LogP contribution in [0.4, 0.5) is 5.13 Å². The van der Waals surface area contributed by atoms with Gasteiger partial charge < -0.3 is 16.7 Å². The van der Waals surface area contributed by atoms with Gasteiger partial charge in [-0.2, -0.15) is 0 Å². The summed E-state index contributed by atoms with van der Waals surface area (Å²) in [5.74, 6) is -1.26. The van der Waals surface area contributed by atoms with Crippen LogP contribution >= 0.6 is 11.3 Å². The third-order valence-electron chi connectivity index (χ3n) is 8.68. The Bertz CT molecular complexity index is 2000. The summed E-state index contributed by atoms with van der Waals surface area (Å²) in [6, 6.07) is 59.6. The predicted octanol–water partition coefficient (Wildman–Crippen LogP) is 6.46. The minimum atomic E-state index is -1.26. The molecule has 0 radical (unpaired) electrons. The van der Waals surface area contributed by atoms with E-state index < -0.39 is 17.1 Å². The molecule has 51 heavy (non-hydrogen) atoms. The van der Waals surface area contributed by atoms with Gasteiger partial charge in [0.05, 0.1) is 0 Å². The quantitative estimate of drug-likeness (QED) is 0.0664. The van der Waals surface area contributed by atoms with Crippen LogP contribution < -0.4 is 34.9 Å². The summed E-state index contributed by atoms with van der Waals surface area (Å²) in [6.45, 7) is 0. The fraction of sp³-hybridized carbons (Fsp3) is 0.0465. The van der Waals surface area contributed by atoms with E-state index in [1.165, 1.54) is 11.3 Å². The van der Waals surface area contributed by atoms with E-state index in [-0.39, 0.29) is 42.4 Å². The van der Waals surface area contributed by atoms with Crippen molar-refractivity contribution in [2.75, 3.05) is 5.32 Å². The summed E-state index contributed by atoms with van der Waals surface area (Å²) < 4.78 is 0. The molecule has 2 N–H and O–H groups in total. The van der Waals surface area contributed by atoms with Gasteiger partial charge in [0.1, 0.15) is 11.2 Å². The second-order valence-corrected chi connectivity index (χ2v) is 12.5. The van der Waals surface area contributed by atoms with Crippen LogP contribution in [-0.4, -0.2) is 21.8 Å². The molecular weight excluding hydrogens is 662 g/mol. The Morgan fingerprint density at radius 3 is 1.25 bits per heavy atom. The van der Waals surface area contributed by atoms with E-state index >= 15 is 0 Å². The van der Waals surface area contributed by atoms with Gasteiger partial charge in [0.2, 0.25) is 11.3 Å². The molecule has 0 bridgehead atoms. The van der Waals surface area contributed by atoms with Gasteiger partial charge in [0, 0.05) is 22.1 Å². The van der Waals surface area contributed by atoms with Crippen molar-refractivity contribution >= 4 is 28.1 Å². The average Bonchev–Trinajstić information content (AvgIpc) is 3.65. The van der Waals surface area contributed by atoms with Crippen molar-refractivity contribution in [3.05, 3.63) is 226 Å². The summed E-state index contributed by atoms with van der Waals surface area (Å²) in [4.78, 5) is 24.3. The largest absolute Gasteiger partial charge is 1.00 e. The fourth-order valence-corrected chi connectivity index (χ4v) is 7.12. The number of carboxylic acids is 1. The monoisotopic (exact) mass is 695 g/mol. The van der Waals surface area contributed by atoms with Crippen molar-refractivity contribution in [1.82, 2.24) is 4.98 Å². The standard InChI is InChI=1S/C43H33N3O3S.Na.H/c47-40(48)39(46-49-43(35-25-13-4-14-26-35,36-27-15-5-16-28-36)37-29-17-6-18-30-37)38-31-50-41(44-38)45-42(32-19-7-1-8-20-32,33-21-9-2-10-22-33)34-23-11-3-12-24-34;;/h1-31H,(H,44,45)(H,47,48);;/q;+1;-1. The number of nitrogens with one attached hydrogen (secondary N) is 1. The number of hydrogen-bond acceptors (Lipinski definition) is 6. The molecule has 0 aliphatic heterocycles. The summed E-state index contributed by atoms with van der Waals surface area (Å²) >= 11 is 1.31. The van der Waals surface area contributed by atoms with Gasteiger partial charge in [-0.3, -0.25) is 0 Å². The number of aliphatic carboxylic acids is 1. The molecule has 0 spiro atoms. The Morgan fingerprint density at radius 1 is 0.588 bits per heavy atom. The normalized spacial score (nSPS) is 11.6. The minimum Gasteiger partial charge on any atom is -1.00 e. The van der Waals surface area contributed by atoms with E-state index in [1.807, 2.05) is 146 Å². The number of thiazole rings is 1. The SMILES string of the molecule is O=C(O)C(=NOC(c1ccccc1)(c1ccccc1)c1ccccc1)c1csc(NC(c2ccccc2)(c2ccccc2)c2ccccc2)n1.[H-].[Na+]. The molecule has 0 aliphatic carbocycles. The molecule has 6 aromatic carbocycles. The molecule has 246 valence electrons. The van der Waals surface area contributed by atoms with Gasteiger partial charge in [0.25, 0.3) is 0 Å². The van der Waals surface area contributed by atoms with Crippen molar-refractivity contribution in [3.63, 3.8) is 0 Å². The van der Waals surface area contributed by atoms with Crippen LogP contribution in [0.2, 0.25) is 0 Å². The molecule has 1 heterocycles. The van der Waals surface area contributed by atoms with Crippen LogP contribution in [-0.2, 0) is 20.8 Å². The van der Waals surface area contributed by atoms with Crippen LogP contribution in [0.1, 0.15) is 40.5 Å². The van der Waals surface area contributed by atoms with Crippen molar-refractivity contribution in [2.24, 2.45) is 5.16 Å². The van der Waals surface area contributed by atoms with Crippen molar-refractivity contribution in [2.45, 2.75) is 11.1 Å². The third-order valence-corrected chi connectivity index (χ3v) is 9.44. The van der Waals surface area contributed by atoms with Crippen LogP contribution in [0.3, 0.4) is 0 Å². The van der Waals surface area contributed by atoms with Gasteiger partial charge in [-0.05, 0) is 16.7 Å². The molecule has 0 saturated carbocycles. The van der Waals surface area contributed by atoms with Gasteiger partial charge >= 0.3 is 35.5 Å². The third kappa shape index (κ3) is 7.16. The number of benzene rings is 6. The second-order valence-electron chi connectivity index (χ2n) is 11.6. The minimum absolute atomic E-state index is 0. The summed E-state index contributed by atoms with van der Waals surface area (Å²) in [7, 11) is 0. The van der Waals surface area contributed by atoms with E-state index in [0.717, 1.165) is 33.4 Å². The first-order valence-electron chi connectivity index (χ1n) is 16.2. The van der Waals surface area contributed by atoms with E-state index in [4.69, 9.17) is 9.82 Å². The number of carbonyl (C=O) groups is 1. The predicted molar refractivity (Wildman–Crippen MR) is 201 cm³/mol. The molecule has 0 atom stereocenters. The Kier molecular flexibility index (Phi) is 11.2. The number of rotatable bonds is 12. The average molecular weight is 696 g/mol. The first-order chi connectivity index (χ1) is 24.6. The summed E-state index contributed by atoms with van der Waals surface area (Å²) in [5, 5.41) is 20.9. The molecule has 0 unspecified atom stereocenters. The molecule has 7 rings (SSSR count). The zero-order valence-corrected chi connectivity index (χ0v) is 30.8. The van der Waals surface area contributed by atoms with E-state index in [0.29, 0.717) is 5.13 Å². The Labute approximate surface area is 324 Å². The van der Waals surface area contributed by atoms with Crippen molar-refractivity contribution < 1.29 is 45.7 Å². The van der Waals surface area contributed by atoms with Crippen LogP contribution in [0.5, 0.6) is 0 Å². The maximum Gasteiger partial charge on any atom is 1.00 e. The number of oxime groups is 1. The number of carboxylic acid groups (broad SMARTS) is 1. The van der Waals surface area contributed by atoms with Gasteiger partial charge in [-0.25, -0.2) is 9.78 Å². The smallest absolute Gasteiger partial charge is 1.00 e. The van der Waals surface area contributed by atoms with E-state index in [9.17, 15) is 9.90 Å². The fourth-order valence-electron chi connectivity index (χ4n) is 6.37. The maximum absolute atomic E-state index is 12.9. The topological polar surface area (TPSA) is 83.8 Å². The Morgan fingerprint density at radius 2 is 0.922 bits per heavy atom. The summed E-state index contributed by atoms with van der Waals surface area (Å²) in [6.07, 6.45) is 0. The number of nitrogens with zero attached hydrogens (tertiary/aromatic N) is 2. The zero-order chi connectivity index (χ0) is 34.2. The number of hydrogen-bond donors (Lipinski definition) is 2. The van der Waals surface area contributed by atoms with Gasteiger partial charge in [0.15, 0.2) is 5.13 Å². The molecular formula is C43H34N3NaO3S. The molecule has 0 saturated heterocycles. The first kappa shape index (κ1) is 35.5. The maximum atomic E-state index is 12.9. The molecule has 8 heteroatoms. The van der Waals surface area contributed by atoms with Gasteiger partial charge in [-0.15, -0.1) is 11.3 Å². The van der Waals surface area contributed by atoms with E-state index in [2.05, 4.69) is 46.9 Å². The Hall–Kier alpha value is -5.31. The molecule has 0 fully saturated rings. The molecule has 1 aromatic heterocycles. The van der Waals surface area contributed by atoms with Crippen molar-refractivity contribution in [3.8, 4) is 0 Å².